The molecule has 0 amide bonds. The molecule has 0 spiro atoms. The van der Waals surface area contributed by atoms with Crippen molar-refractivity contribution < 1.29 is 0 Å². The van der Waals surface area contributed by atoms with Crippen LogP contribution in [0.1, 0.15) is 0 Å². The van der Waals surface area contributed by atoms with Gasteiger partial charge in [0.05, 0.1) is 33.3 Å². The topological polar surface area (TPSA) is 22.8 Å². The van der Waals surface area contributed by atoms with Crippen molar-refractivity contribution in [3.8, 4) is 44.9 Å². The highest BCUT2D eigenvalue weighted by Crippen LogP contribution is 2.38. The molecule has 0 aliphatic heterocycles. The summed E-state index contributed by atoms with van der Waals surface area (Å²) in [4.78, 5) is 5.33. The van der Waals surface area contributed by atoms with Gasteiger partial charge in [0.25, 0.3) is 0 Å². The maximum absolute atomic E-state index is 5.33. The first kappa shape index (κ1) is 30.4. The smallest absolute Gasteiger partial charge is 0.0716 e. The number of hydrogen-bond acceptors (Lipinski definition) is 1. The highest BCUT2D eigenvalue weighted by molar-refractivity contribution is 6.10. The number of fused-ring (bicyclic) bond motifs is 7. The second-order valence-electron chi connectivity index (χ2n) is 14.0. The third kappa shape index (κ3) is 4.79. The molecule has 3 heterocycles. The second kappa shape index (κ2) is 12.2. The van der Waals surface area contributed by atoms with E-state index in [0.29, 0.717) is 0 Å². The lowest BCUT2D eigenvalue weighted by Gasteiger charge is -2.14. The molecule has 3 aromatic heterocycles. The highest BCUT2D eigenvalue weighted by atomic mass is 15.0. The molecule has 0 saturated heterocycles. The maximum atomic E-state index is 5.33. The van der Waals surface area contributed by atoms with E-state index in [9.17, 15) is 0 Å². The quantitative estimate of drug-likeness (QED) is 0.177. The first-order chi connectivity index (χ1) is 26.8. The van der Waals surface area contributed by atoms with E-state index in [0.717, 1.165) is 39.1 Å². The molecule has 11 aromatic rings. The average molecular weight is 688 g/mol. The molecule has 0 aliphatic carbocycles. The third-order valence-electron chi connectivity index (χ3n) is 10.9. The Kier molecular flexibility index (Phi) is 6.86. The van der Waals surface area contributed by atoms with Crippen molar-refractivity contribution in [3.63, 3.8) is 0 Å². The molecule has 0 fully saturated rings. The van der Waals surface area contributed by atoms with Gasteiger partial charge in [0.1, 0.15) is 0 Å². The van der Waals surface area contributed by atoms with Gasteiger partial charge >= 0.3 is 0 Å². The Morgan fingerprint density at radius 1 is 0.296 bits per heavy atom. The Balaban J connectivity index is 1.06. The summed E-state index contributed by atoms with van der Waals surface area (Å²) in [5, 5.41) is 6.16. The Hall–Kier alpha value is -7.23. The maximum Gasteiger partial charge on any atom is 0.0716 e. The Labute approximate surface area is 312 Å². The fourth-order valence-electron chi connectivity index (χ4n) is 8.44. The van der Waals surface area contributed by atoms with Gasteiger partial charge in [0.2, 0.25) is 0 Å². The molecule has 8 aromatic carbocycles. The summed E-state index contributed by atoms with van der Waals surface area (Å²) in [5.74, 6) is 0. The molecule has 54 heavy (non-hydrogen) atoms. The largest absolute Gasteiger partial charge is 0.309 e. The van der Waals surface area contributed by atoms with Crippen LogP contribution in [0.3, 0.4) is 0 Å². The minimum Gasteiger partial charge on any atom is -0.309 e. The van der Waals surface area contributed by atoms with E-state index in [1.165, 1.54) is 60.3 Å². The van der Waals surface area contributed by atoms with Crippen molar-refractivity contribution in [2.24, 2.45) is 0 Å². The minimum atomic E-state index is 0.949. The fourth-order valence-corrected chi connectivity index (χ4v) is 8.44. The lowest BCUT2D eigenvalue weighted by Crippen LogP contribution is -1.96. The number of hydrogen-bond donors (Lipinski definition) is 0. The van der Waals surface area contributed by atoms with E-state index in [4.69, 9.17) is 4.98 Å². The van der Waals surface area contributed by atoms with Crippen LogP contribution in [0.5, 0.6) is 0 Å². The predicted octanol–water partition coefficient (Wildman–Crippen LogP) is 13.4. The van der Waals surface area contributed by atoms with Gasteiger partial charge in [-0.2, -0.15) is 0 Å². The first-order valence-corrected chi connectivity index (χ1v) is 18.5. The van der Waals surface area contributed by atoms with E-state index in [-0.39, 0.29) is 0 Å². The molecule has 0 atom stereocenters. The average Bonchev–Trinajstić information content (AvgIpc) is 3.77. The molecule has 3 heteroatoms. The van der Waals surface area contributed by atoms with Crippen LogP contribution in [0.15, 0.2) is 200 Å². The molecule has 3 nitrogen and oxygen atoms in total. The Morgan fingerprint density at radius 3 is 1.30 bits per heavy atom. The fraction of sp³-hybridized carbons (Fsp3) is 0. The van der Waals surface area contributed by atoms with Crippen LogP contribution in [0.25, 0.3) is 99.4 Å². The van der Waals surface area contributed by atoms with Crippen LogP contribution < -0.4 is 0 Å². The zero-order valence-corrected chi connectivity index (χ0v) is 29.4. The number of benzene rings is 8. The zero-order chi connectivity index (χ0) is 35.6. The Morgan fingerprint density at radius 2 is 0.741 bits per heavy atom. The van der Waals surface area contributed by atoms with Crippen molar-refractivity contribution in [3.05, 3.63) is 200 Å². The summed E-state index contributed by atoms with van der Waals surface area (Å²) >= 11 is 0. The van der Waals surface area contributed by atoms with E-state index in [1.54, 1.807) is 0 Å². The van der Waals surface area contributed by atoms with Gasteiger partial charge in [0.15, 0.2) is 0 Å². The summed E-state index contributed by atoms with van der Waals surface area (Å²) < 4.78 is 4.75. The van der Waals surface area contributed by atoms with Gasteiger partial charge in [0, 0.05) is 43.9 Å². The van der Waals surface area contributed by atoms with E-state index in [2.05, 4.69) is 209 Å². The van der Waals surface area contributed by atoms with Crippen molar-refractivity contribution in [1.29, 1.82) is 0 Å². The summed E-state index contributed by atoms with van der Waals surface area (Å²) in [7, 11) is 0. The third-order valence-corrected chi connectivity index (χ3v) is 10.9. The highest BCUT2D eigenvalue weighted by Gasteiger charge is 2.16. The van der Waals surface area contributed by atoms with E-state index in [1.807, 2.05) is 0 Å². The summed E-state index contributed by atoms with van der Waals surface area (Å²) in [6.07, 6.45) is 0. The number of pyridine rings is 1. The predicted molar refractivity (Wildman–Crippen MR) is 227 cm³/mol. The molecule has 0 aliphatic rings. The monoisotopic (exact) mass is 687 g/mol. The molecule has 252 valence electrons. The van der Waals surface area contributed by atoms with Gasteiger partial charge in [-0.3, -0.25) is 0 Å². The molecule has 0 N–H and O–H groups in total. The zero-order valence-electron chi connectivity index (χ0n) is 29.4. The van der Waals surface area contributed by atoms with Crippen molar-refractivity contribution in [2.75, 3.05) is 0 Å². The van der Waals surface area contributed by atoms with E-state index >= 15 is 0 Å². The standard InChI is InChI=1S/C51H33N3/c1-2-14-34(15-3-1)44-33-47(37-17-13-19-39(31-37)54-50-26-10-6-22-42(50)43-23-7-11-27-51(43)54)52-46-29-28-36(32-45(44)46)35-16-12-18-38(30-35)53-48-24-8-4-20-40(48)41-21-5-9-25-49(41)53/h1-33H. The van der Waals surface area contributed by atoms with Gasteiger partial charge in [-0.1, -0.05) is 133 Å². The molecular weight excluding hydrogens is 655 g/mol. The molecule has 0 saturated carbocycles. The number of nitrogens with zero attached hydrogens (tertiary/aromatic N) is 3. The van der Waals surface area contributed by atoms with Crippen molar-refractivity contribution >= 4 is 54.5 Å². The summed E-state index contributed by atoms with van der Waals surface area (Å²) in [6.45, 7) is 0. The minimum absolute atomic E-state index is 0.949. The van der Waals surface area contributed by atoms with Crippen LogP contribution in [-0.2, 0) is 0 Å². The number of rotatable bonds is 5. The van der Waals surface area contributed by atoms with Gasteiger partial charge in [-0.25, -0.2) is 4.98 Å². The molecule has 11 rings (SSSR count). The molecular formula is C51H33N3. The van der Waals surface area contributed by atoms with Gasteiger partial charge in [-0.05, 0) is 89.0 Å². The van der Waals surface area contributed by atoms with Crippen LogP contribution in [0, 0.1) is 0 Å². The van der Waals surface area contributed by atoms with Crippen LogP contribution in [-0.4, -0.2) is 14.1 Å². The van der Waals surface area contributed by atoms with Gasteiger partial charge in [-0.15, -0.1) is 0 Å². The number of para-hydroxylation sites is 4. The normalized spacial score (nSPS) is 11.7. The lowest BCUT2D eigenvalue weighted by atomic mass is 9.95. The van der Waals surface area contributed by atoms with E-state index < -0.39 is 0 Å². The first-order valence-electron chi connectivity index (χ1n) is 18.5. The summed E-state index contributed by atoms with van der Waals surface area (Å²) in [6, 6.07) is 72.0. The summed E-state index contributed by atoms with van der Waals surface area (Å²) in [5.41, 5.74) is 14.7. The van der Waals surface area contributed by atoms with Crippen LogP contribution >= 0.6 is 0 Å². The van der Waals surface area contributed by atoms with Crippen LogP contribution in [0.4, 0.5) is 0 Å². The molecule has 0 bridgehead atoms. The second-order valence-corrected chi connectivity index (χ2v) is 14.0. The molecule has 0 radical (unpaired) electrons. The van der Waals surface area contributed by atoms with Crippen molar-refractivity contribution in [2.45, 2.75) is 0 Å². The Bertz CT molecular complexity index is 3110. The van der Waals surface area contributed by atoms with Crippen LogP contribution in [0.2, 0.25) is 0 Å². The lowest BCUT2D eigenvalue weighted by molar-refractivity contribution is 1.18. The number of aromatic nitrogens is 3. The van der Waals surface area contributed by atoms with Gasteiger partial charge < -0.3 is 9.13 Å². The van der Waals surface area contributed by atoms with Crippen molar-refractivity contribution in [1.82, 2.24) is 14.1 Å². The SMILES string of the molecule is c1ccc(-c2cc(-c3cccc(-n4c5ccccc5c5ccccc54)c3)nc3ccc(-c4cccc(-n5c6ccccc6c6ccccc65)c4)cc23)cc1. The molecule has 0 unspecified atom stereocenters.